The first-order chi connectivity index (χ1) is 4.74. The Morgan fingerprint density at radius 2 is 2.30 bits per heavy atom. The van der Waals surface area contributed by atoms with E-state index < -0.39 is 5.97 Å². The molecule has 2 nitrogen and oxygen atoms in total. The first-order valence-corrected chi connectivity index (χ1v) is 3.59. The Morgan fingerprint density at radius 1 is 1.60 bits per heavy atom. The number of aliphatic carboxylic acids is 1. The van der Waals surface area contributed by atoms with Crippen LogP contribution in [-0.2, 0) is 4.79 Å². The van der Waals surface area contributed by atoms with E-state index in [9.17, 15) is 4.79 Å². The summed E-state index contributed by atoms with van der Waals surface area (Å²) in [7, 11) is 0. The monoisotopic (exact) mass is 140 g/mol. The van der Waals surface area contributed by atoms with Crippen LogP contribution in [0.3, 0.4) is 0 Å². The summed E-state index contributed by atoms with van der Waals surface area (Å²) < 4.78 is 0. The van der Waals surface area contributed by atoms with Crippen molar-refractivity contribution in [3.8, 4) is 0 Å². The zero-order valence-corrected chi connectivity index (χ0v) is 5.92. The Labute approximate surface area is 60.6 Å². The number of hydrogen-bond acceptors (Lipinski definition) is 1. The van der Waals surface area contributed by atoms with Gasteiger partial charge in [0.05, 0.1) is 5.92 Å². The van der Waals surface area contributed by atoms with Gasteiger partial charge in [0.2, 0.25) is 0 Å². The predicted octanol–water partition coefficient (Wildman–Crippen LogP) is 1.67. The van der Waals surface area contributed by atoms with Gasteiger partial charge in [-0.1, -0.05) is 6.08 Å². The molecular formula is C8H12O2. The van der Waals surface area contributed by atoms with Gasteiger partial charge in [-0.15, -0.1) is 6.58 Å². The van der Waals surface area contributed by atoms with Crippen LogP contribution >= 0.6 is 0 Å². The lowest BCUT2D eigenvalue weighted by Crippen LogP contribution is -2.08. The van der Waals surface area contributed by atoms with E-state index in [0.717, 1.165) is 19.3 Å². The van der Waals surface area contributed by atoms with E-state index in [1.807, 2.05) is 6.08 Å². The smallest absolute Gasteiger partial charge is 0.306 e. The molecule has 0 amide bonds. The number of allylic oxidation sites excluding steroid dienone is 1. The number of carboxylic acids is 1. The second-order valence-corrected chi connectivity index (χ2v) is 2.84. The Balaban J connectivity index is 2.42. The SMILES string of the molecule is C=CC1CCC(C(=O)O)C1. The normalized spacial score (nSPS) is 32.0. The minimum atomic E-state index is -0.649. The van der Waals surface area contributed by atoms with Crippen LogP contribution in [0.5, 0.6) is 0 Å². The van der Waals surface area contributed by atoms with Crippen molar-refractivity contribution in [2.24, 2.45) is 11.8 Å². The van der Waals surface area contributed by atoms with E-state index >= 15 is 0 Å². The summed E-state index contributed by atoms with van der Waals surface area (Å²) in [4.78, 5) is 10.4. The van der Waals surface area contributed by atoms with Crippen molar-refractivity contribution in [3.63, 3.8) is 0 Å². The minimum absolute atomic E-state index is 0.108. The molecule has 10 heavy (non-hydrogen) atoms. The van der Waals surface area contributed by atoms with E-state index in [1.165, 1.54) is 0 Å². The highest BCUT2D eigenvalue weighted by atomic mass is 16.4. The second-order valence-electron chi connectivity index (χ2n) is 2.84. The Bertz CT molecular complexity index is 151. The van der Waals surface area contributed by atoms with E-state index in [-0.39, 0.29) is 5.92 Å². The maximum Gasteiger partial charge on any atom is 0.306 e. The topological polar surface area (TPSA) is 37.3 Å². The van der Waals surface area contributed by atoms with Crippen LogP contribution in [0.4, 0.5) is 0 Å². The zero-order chi connectivity index (χ0) is 7.56. The molecule has 0 saturated heterocycles. The predicted molar refractivity (Wildman–Crippen MR) is 38.7 cm³/mol. The lowest BCUT2D eigenvalue weighted by molar-refractivity contribution is -0.141. The van der Waals surface area contributed by atoms with Crippen molar-refractivity contribution < 1.29 is 9.90 Å². The lowest BCUT2D eigenvalue weighted by Gasteiger charge is -2.00. The van der Waals surface area contributed by atoms with Crippen molar-refractivity contribution in [1.29, 1.82) is 0 Å². The molecule has 0 bridgehead atoms. The fraction of sp³-hybridized carbons (Fsp3) is 0.625. The van der Waals surface area contributed by atoms with Crippen molar-refractivity contribution >= 4 is 5.97 Å². The van der Waals surface area contributed by atoms with Gasteiger partial charge in [0.1, 0.15) is 0 Å². The fourth-order valence-corrected chi connectivity index (χ4v) is 1.45. The van der Waals surface area contributed by atoms with Crippen molar-refractivity contribution in [2.45, 2.75) is 19.3 Å². The summed E-state index contributed by atoms with van der Waals surface area (Å²) in [5.74, 6) is -0.312. The maximum atomic E-state index is 10.4. The largest absolute Gasteiger partial charge is 0.481 e. The molecule has 0 aromatic rings. The van der Waals surface area contributed by atoms with Gasteiger partial charge in [0.15, 0.2) is 0 Å². The average molecular weight is 140 g/mol. The van der Waals surface area contributed by atoms with Crippen LogP contribution in [0.15, 0.2) is 12.7 Å². The highest BCUT2D eigenvalue weighted by Crippen LogP contribution is 2.31. The summed E-state index contributed by atoms with van der Waals surface area (Å²) in [6, 6.07) is 0. The summed E-state index contributed by atoms with van der Waals surface area (Å²) in [5, 5.41) is 8.59. The second kappa shape index (κ2) is 2.86. The molecule has 1 N–H and O–H groups in total. The van der Waals surface area contributed by atoms with Gasteiger partial charge in [0.25, 0.3) is 0 Å². The number of carbonyl (C=O) groups is 1. The Kier molecular flexibility index (Phi) is 2.10. The maximum absolute atomic E-state index is 10.4. The van der Waals surface area contributed by atoms with E-state index in [1.54, 1.807) is 0 Å². The summed E-state index contributed by atoms with van der Waals surface area (Å²) in [5.41, 5.74) is 0. The number of carboxylic acid groups (broad SMARTS) is 1. The highest BCUT2D eigenvalue weighted by Gasteiger charge is 2.27. The van der Waals surface area contributed by atoms with Crippen LogP contribution in [0, 0.1) is 11.8 Å². The van der Waals surface area contributed by atoms with Gasteiger partial charge in [0, 0.05) is 0 Å². The third-order valence-corrected chi connectivity index (χ3v) is 2.16. The molecule has 0 spiro atoms. The van der Waals surface area contributed by atoms with E-state index in [4.69, 9.17) is 5.11 Å². The first kappa shape index (κ1) is 7.32. The van der Waals surface area contributed by atoms with Crippen molar-refractivity contribution in [2.75, 3.05) is 0 Å². The molecular weight excluding hydrogens is 128 g/mol. The third kappa shape index (κ3) is 1.38. The zero-order valence-electron chi connectivity index (χ0n) is 5.92. The molecule has 1 saturated carbocycles. The molecule has 0 heterocycles. The molecule has 1 rings (SSSR count). The lowest BCUT2D eigenvalue weighted by atomic mass is 10.1. The Morgan fingerprint density at radius 3 is 2.60 bits per heavy atom. The summed E-state index contributed by atoms with van der Waals surface area (Å²) in [6.45, 7) is 3.64. The van der Waals surface area contributed by atoms with Gasteiger partial charge in [-0.05, 0) is 25.2 Å². The molecule has 56 valence electrons. The Hall–Kier alpha value is -0.790. The molecule has 0 aromatic heterocycles. The fourth-order valence-electron chi connectivity index (χ4n) is 1.45. The van der Waals surface area contributed by atoms with E-state index in [2.05, 4.69) is 6.58 Å². The standard InChI is InChI=1S/C8H12O2/c1-2-6-3-4-7(5-6)8(9)10/h2,6-7H,1,3-5H2,(H,9,10). The van der Waals surface area contributed by atoms with Crippen molar-refractivity contribution in [1.82, 2.24) is 0 Å². The molecule has 0 aliphatic heterocycles. The highest BCUT2D eigenvalue weighted by molar-refractivity contribution is 5.70. The molecule has 0 radical (unpaired) electrons. The average Bonchev–Trinajstić information content (AvgIpc) is 2.34. The van der Waals surface area contributed by atoms with Crippen molar-refractivity contribution in [3.05, 3.63) is 12.7 Å². The molecule has 1 fully saturated rings. The van der Waals surface area contributed by atoms with Gasteiger partial charge < -0.3 is 5.11 Å². The van der Waals surface area contributed by atoms with Gasteiger partial charge in [-0.25, -0.2) is 0 Å². The van der Waals surface area contributed by atoms with Crippen LogP contribution in [0.25, 0.3) is 0 Å². The molecule has 2 heteroatoms. The summed E-state index contributed by atoms with van der Waals surface area (Å²) in [6.07, 6.45) is 4.48. The van der Waals surface area contributed by atoms with E-state index in [0.29, 0.717) is 5.92 Å². The van der Waals surface area contributed by atoms with Crippen LogP contribution < -0.4 is 0 Å². The molecule has 1 aliphatic carbocycles. The van der Waals surface area contributed by atoms with Gasteiger partial charge in [-0.3, -0.25) is 4.79 Å². The van der Waals surface area contributed by atoms with Crippen LogP contribution in [0.2, 0.25) is 0 Å². The third-order valence-electron chi connectivity index (χ3n) is 2.16. The van der Waals surface area contributed by atoms with Gasteiger partial charge >= 0.3 is 5.97 Å². The van der Waals surface area contributed by atoms with Crippen LogP contribution in [-0.4, -0.2) is 11.1 Å². The minimum Gasteiger partial charge on any atom is -0.481 e. The number of rotatable bonds is 2. The summed E-state index contributed by atoms with van der Waals surface area (Å²) >= 11 is 0. The first-order valence-electron chi connectivity index (χ1n) is 3.59. The quantitative estimate of drug-likeness (QED) is 0.592. The molecule has 1 aliphatic rings. The molecule has 2 unspecified atom stereocenters. The van der Waals surface area contributed by atoms with Crippen LogP contribution in [0.1, 0.15) is 19.3 Å². The van der Waals surface area contributed by atoms with Gasteiger partial charge in [-0.2, -0.15) is 0 Å². The molecule has 2 atom stereocenters. The molecule has 0 aromatic carbocycles. The number of hydrogen-bond donors (Lipinski definition) is 1.